The molecule has 2 aliphatic rings. The van der Waals surface area contributed by atoms with E-state index < -0.39 is 0 Å². The van der Waals surface area contributed by atoms with Crippen LogP contribution in [0.15, 0.2) is 0 Å². The Bertz CT molecular complexity index is 197. The topological polar surface area (TPSA) is 15.3 Å². The van der Waals surface area contributed by atoms with Crippen LogP contribution >= 0.6 is 0 Å². The van der Waals surface area contributed by atoms with Crippen molar-refractivity contribution < 1.29 is 0 Å². The van der Waals surface area contributed by atoms with Crippen molar-refractivity contribution in [1.29, 1.82) is 0 Å². The van der Waals surface area contributed by atoms with Crippen molar-refractivity contribution >= 4 is 0 Å². The van der Waals surface area contributed by atoms with Crippen molar-refractivity contribution in [2.24, 2.45) is 11.8 Å². The highest BCUT2D eigenvalue weighted by Gasteiger charge is 2.27. The summed E-state index contributed by atoms with van der Waals surface area (Å²) in [5.74, 6) is 1.90. The molecule has 2 fully saturated rings. The maximum Gasteiger partial charge on any atom is 0.00977 e. The molecular formula is C14H28N2. The summed E-state index contributed by atoms with van der Waals surface area (Å²) in [5, 5.41) is 3.32. The predicted molar refractivity (Wildman–Crippen MR) is 69.6 cm³/mol. The molecule has 94 valence electrons. The number of nitrogens with zero attached hydrogens (tertiary/aromatic N) is 1. The molecular weight excluding hydrogens is 196 g/mol. The molecule has 0 radical (unpaired) electrons. The third kappa shape index (κ3) is 3.21. The van der Waals surface area contributed by atoms with Crippen LogP contribution in [0, 0.1) is 11.8 Å². The lowest BCUT2D eigenvalue weighted by Gasteiger charge is -2.40. The first-order valence-corrected chi connectivity index (χ1v) is 7.18. The second-order valence-corrected chi connectivity index (χ2v) is 5.96. The van der Waals surface area contributed by atoms with Gasteiger partial charge in [0.2, 0.25) is 0 Å². The lowest BCUT2D eigenvalue weighted by atomic mass is 9.84. The molecule has 2 unspecified atom stereocenters. The van der Waals surface area contributed by atoms with E-state index in [1.807, 2.05) is 0 Å². The minimum Gasteiger partial charge on any atom is -0.319 e. The fourth-order valence-electron chi connectivity index (χ4n) is 3.54. The van der Waals surface area contributed by atoms with E-state index >= 15 is 0 Å². The van der Waals surface area contributed by atoms with E-state index in [1.54, 1.807) is 0 Å². The van der Waals surface area contributed by atoms with Crippen molar-refractivity contribution in [2.75, 3.05) is 26.7 Å². The molecule has 0 aromatic rings. The van der Waals surface area contributed by atoms with Crippen LogP contribution in [0.25, 0.3) is 0 Å². The molecule has 0 aromatic heterocycles. The van der Waals surface area contributed by atoms with Crippen LogP contribution in [0.1, 0.15) is 45.4 Å². The standard InChI is InChI=1S/C14H28N2/c1-12-4-3-5-14(10-12)16-8-6-13(7-9-16)11-15-2/h12-15H,3-11H2,1-2H3. The second-order valence-electron chi connectivity index (χ2n) is 5.96. The number of hydrogen-bond acceptors (Lipinski definition) is 2. The molecule has 0 bridgehead atoms. The molecule has 1 saturated carbocycles. The fraction of sp³-hybridized carbons (Fsp3) is 1.00. The number of piperidine rings is 1. The number of nitrogens with one attached hydrogen (secondary N) is 1. The van der Waals surface area contributed by atoms with Gasteiger partial charge in [0, 0.05) is 6.04 Å². The Morgan fingerprint density at radius 3 is 2.50 bits per heavy atom. The molecule has 1 heterocycles. The highest BCUT2D eigenvalue weighted by molar-refractivity contribution is 4.82. The zero-order valence-corrected chi connectivity index (χ0v) is 11.0. The molecule has 0 amide bonds. The van der Waals surface area contributed by atoms with Crippen LogP contribution in [0.3, 0.4) is 0 Å². The smallest absolute Gasteiger partial charge is 0.00977 e. The minimum absolute atomic E-state index is 0.916. The zero-order valence-electron chi connectivity index (χ0n) is 11.0. The first-order valence-electron chi connectivity index (χ1n) is 7.18. The molecule has 16 heavy (non-hydrogen) atoms. The second kappa shape index (κ2) is 6.02. The molecule has 1 aliphatic heterocycles. The van der Waals surface area contributed by atoms with E-state index in [0.29, 0.717) is 0 Å². The summed E-state index contributed by atoms with van der Waals surface area (Å²) >= 11 is 0. The average molecular weight is 224 g/mol. The molecule has 1 saturated heterocycles. The summed E-state index contributed by atoms with van der Waals surface area (Å²) in [7, 11) is 2.08. The Morgan fingerprint density at radius 1 is 1.12 bits per heavy atom. The highest BCUT2D eigenvalue weighted by atomic mass is 15.2. The van der Waals surface area contributed by atoms with Crippen molar-refractivity contribution in [3.05, 3.63) is 0 Å². The molecule has 2 nitrogen and oxygen atoms in total. The number of likely N-dealkylation sites (tertiary alicyclic amines) is 1. The van der Waals surface area contributed by atoms with Crippen LogP contribution in [0.4, 0.5) is 0 Å². The predicted octanol–water partition coefficient (Wildman–Crippen LogP) is 2.50. The van der Waals surface area contributed by atoms with Gasteiger partial charge in [0.15, 0.2) is 0 Å². The van der Waals surface area contributed by atoms with Gasteiger partial charge in [-0.3, -0.25) is 0 Å². The van der Waals surface area contributed by atoms with Crippen LogP contribution in [-0.4, -0.2) is 37.6 Å². The molecule has 1 N–H and O–H groups in total. The summed E-state index contributed by atoms with van der Waals surface area (Å²) < 4.78 is 0. The van der Waals surface area contributed by atoms with Crippen molar-refractivity contribution in [3.63, 3.8) is 0 Å². The van der Waals surface area contributed by atoms with Gasteiger partial charge >= 0.3 is 0 Å². The van der Waals surface area contributed by atoms with Gasteiger partial charge in [-0.1, -0.05) is 19.8 Å². The van der Waals surface area contributed by atoms with Gasteiger partial charge in [-0.25, -0.2) is 0 Å². The van der Waals surface area contributed by atoms with Gasteiger partial charge < -0.3 is 10.2 Å². The van der Waals surface area contributed by atoms with Crippen LogP contribution < -0.4 is 5.32 Å². The van der Waals surface area contributed by atoms with Crippen molar-refractivity contribution in [2.45, 2.75) is 51.5 Å². The van der Waals surface area contributed by atoms with Crippen LogP contribution in [0.5, 0.6) is 0 Å². The van der Waals surface area contributed by atoms with Crippen molar-refractivity contribution in [3.8, 4) is 0 Å². The third-order valence-electron chi connectivity index (χ3n) is 4.57. The summed E-state index contributed by atoms with van der Waals surface area (Å²) in [4.78, 5) is 2.78. The number of hydrogen-bond donors (Lipinski definition) is 1. The van der Waals surface area contributed by atoms with E-state index in [1.165, 1.54) is 58.2 Å². The minimum atomic E-state index is 0.916. The highest BCUT2D eigenvalue weighted by Crippen LogP contribution is 2.29. The third-order valence-corrected chi connectivity index (χ3v) is 4.57. The largest absolute Gasteiger partial charge is 0.319 e. The zero-order chi connectivity index (χ0) is 11.4. The van der Waals surface area contributed by atoms with E-state index in [9.17, 15) is 0 Å². The van der Waals surface area contributed by atoms with Gasteiger partial charge in [-0.05, 0) is 64.2 Å². The van der Waals surface area contributed by atoms with E-state index in [4.69, 9.17) is 0 Å². The quantitative estimate of drug-likeness (QED) is 0.792. The molecule has 0 aromatic carbocycles. The van der Waals surface area contributed by atoms with Gasteiger partial charge in [-0.2, -0.15) is 0 Å². The molecule has 2 rings (SSSR count). The maximum atomic E-state index is 3.32. The van der Waals surface area contributed by atoms with Crippen molar-refractivity contribution in [1.82, 2.24) is 10.2 Å². The van der Waals surface area contributed by atoms with Crippen LogP contribution in [-0.2, 0) is 0 Å². The summed E-state index contributed by atoms with van der Waals surface area (Å²) in [5.41, 5.74) is 0. The van der Waals surface area contributed by atoms with E-state index in [0.717, 1.165) is 17.9 Å². The summed E-state index contributed by atoms with van der Waals surface area (Å²) in [6, 6.07) is 0.916. The molecule has 1 aliphatic carbocycles. The van der Waals surface area contributed by atoms with Gasteiger partial charge in [0.1, 0.15) is 0 Å². The van der Waals surface area contributed by atoms with E-state index in [2.05, 4.69) is 24.2 Å². The van der Waals surface area contributed by atoms with Gasteiger partial charge in [0.05, 0.1) is 0 Å². The molecule has 0 spiro atoms. The lowest BCUT2D eigenvalue weighted by molar-refractivity contribution is 0.0928. The first kappa shape index (κ1) is 12.4. The number of rotatable bonds is 3. The van der Waals surface area contributed by atoms with E-state index in [-0.39, 0.29) is 0 Å². The average Bonchev–Trinajstić information content (AvgIpc) is 2.30. The maximum absolute atomic E-state index is 3.32. The normalized spacial score (nSPS) is 34.1. The van der Waals surface area contributed by atoms with Gasteiger partial charge in [0.25, 0.3) is 0 Å². The monoisotopic (exact) mass is 224 g/mol. The SMILES string of the molecule is CNCC1CCN(C2CCCC(C)C2)CC1. The lowest BCUT2D eigenvalue weighted by Crippen LogP contribution is -2.44. The Balaban J connectivity index is 1.75. The molecule has 2 atom stereocenters. The first-order chi connectivity index (χ1) is 7.79. The molecule has 2 heteroatoms. The van der Waals surface area contributed by atoms with Crippen LogP contribution in [0.2, 0.25) is 0 Å². The Labute approximate surface area is 101 Å². The Hall–Kier alpha value is -0.0800. The van der Waals surface area contributed by atoms with Gasteiger partial charge in [-0.15, -0.1) is 0 Å². The Kier molecular flexibility index (Phi) is 4.66. The summed E-state index contributed by atoms with van der Waals surface area (Å²) in [6.07, 6.45) is 8.66. The summed E-state index contributed by atoms with van der Waals surface area (Å²) in [6.45, 7) is 6.35. The Morgan fingerprint density at radius 2 is 1.88 bits per heavy atom. The fourth-order valence-corrected chi connectivity index (χ4v) is 3.54.